The van der Waals surface area contributed by atoms with Crippen LogP contribution in [0, 0.1) is 20.8 Å². The second kappa shape index (κ2) is 15.0. The highest BCUT2D eigenvalue weighted by Crippen LogP contribution is 2.38. The van der Waals surface area contributed by atoms with Crippen molar-refractivity contribution < 1.29 is 9.90 Å². The number of nitrogens with zero attached hydrogens (tertiary/aromatic N) is 1. The lowest BCUT2D eigenvalue weighted by atomic mass is 9.94. The van der Waals surface area contributed by atoms with E-state index in [1.54, 1.807) is 12.1 Å². The first kappa shape index (κ1) is 29.8. The highest BCUT2D eigenvalue weighted by atomic mass is 35.5. The van der Waals surface area contributed by atoms with Gasteiger partial charge in [0, 0.05) is 33.8 Å². The molecule has 0 saturated carbocycles. The van der Waals surface area contributed by atoms with Crippen molar-refractivity contribution in [1.29, 1.82) is 0 Å². The van der Waals surface area contributed by atoms with E-state index in [1.165, 1.54) is 24.1 Å². The van der Waals surface area contributed by atoms with Crippen molar-refractivity contribution in [1.82, 2.24) is 5.32 Å². The van der Waals surface area contributed by atoms with Crippen LogP contribution < -0.4 is 10.2 Å². The van der Waals surface area contributed by atoms with Crippen LogP contribution in [0.3, 0.4) is 0 Å². The third-order valence-corrected chi connectivity index (χ3v) is 7.00. The molecule has 0 aliphatic carbocycles. The number of piperidine rings is 1. The Hall–Kier alpha value is -2.40. The smallest absolute Gasteiger partial charge is 0.207 e. The third-order valence-electron chi connectivity index (χ3n) is 6.18. The molecule has 0 radical (unpaired) electrons. The lowest BCUT2D eigenvalue weighted by Gasteiger charge is -2.38. The van der Waals surface area contributed by atoms with Crippen molar-refractivity contribution in [2.24, 2.45) is 0 Å². The zero-order chi connectivity index (χ0) is 26.7. The normalized spacial score (nSPS) is 14.6. The zero-order valence-electron chi connectivity index (χ0n) is 21.3. The zero-order valence-corrected chi connectivity index (χ0v) is 23.6. The number of rotatable bonds is 4. The highest BCUT2D eigenvalue weighted by molar-refractivity contribution is 6.35. The van der Waals surface area contributed by atoms with Crippen LogP contribution in [0.4, 0.5) is 5.69 Å². The van der Waals surface area contributed by atoms with Gasteiger partial charge in [0.15, 0.2) is 0 Å². The Kier molecular flexibility index (Phi) is 12.4. The lowest BCUT2D eigenvalue weighted by molar-refractivity contribution is -0.109. The first-order valence-corrected chi connectivity index (χ1v) is 13.2. The summed E-state index contributed by atoms with van der Waals surface area (Å²) in [5.41, 5.74) is 5.90. The van der Waals surface area contributed by atoms with Crippen LogP contribution in [-0.4, -0.2) is 24.6 Å². The molecule has 0 bridgehead atoms. The number of halogens is 3. The van der Waals surface area contributed by atoms with Gasteiger partial charge < -0.3 is 15.3 Å². The predicted octanol–water partition coefficient (Wildman–Crippen LogP) is 8.45. The fourth-order valence-corrected chi connectivity index (χ4v) is 4.72. The molecule has 4 nitrogen and oxygen atoms in total. The fourth-order valence-electron chi connectivity index (χ4n) is 4.06. The SMILES string of the molecule is CCNC=O.Cc1cc(O)cc(C)c1C.Clc1ccc(N2CCCCC2c2ccc(Cl)cc2Cl)cc1. The molecule has 0 spiro atoms. The van der Waals surface area contributed by atoms with Crippen molar-refractivity contribution in [3.8, 4) is 5.75 Å². The molecule has 1 aliphatic rings. The maximum absolute atomic E-state index is 9.29. The van der Waals surface area contributed by atoms with E-state index >= 15 is 0 Å². The summed E-state index contributed by atoms with van der Waals surface area (Å²) < 4.78 is 0. The number of anilines is 1. The molecular weight excluding hydrogens is 515 g/mol. The van der Waals surface area contributed by atoms with Gasteiger partial charge in [0.2, 0.25) is 6.41 Å². The van der Waals surface area contributed by atoms with E-state index in [4.69, 9.17) is 39.9 Å². The Morgan fingerprint density at radius 1 is 0.944 bits per heavy atom. The van der Waals surface area contributed by atoms with Gasteiger partial charge >= 0.3 is 0 Å². The number of aromatic hydroxyl groups is 1. The van der Waals surface area contributed by atoms with Gasteiger partial charge in [-0.05, 0) is 118 Å². The second-order valence-electron chi connectivity index (χ2n) is 8.73. The maximum Gasteiger partial charge on any atom is 0.207 e. The number of aryl methyl sites for hydroxylation is 2. The molecule has 1 heterocycles. The first-order chi connectivity index (χ1) is 17.2. The van der Waals surface area contributed by atoms with Crippen LogP contribution >= 0.6 is 34.8 Å². The summed E-state index contributed by atoms with van der Waals surface area (Å²) in [7, 11) is 0. The summed E-state index contributed by atoms with van der Waals surface area (Å²) in [6.07, 6.45) is 4.20. The van der Waals surface area contributed by atoms with Crippen LogP contribution in [0.25, 0.3) is 0 Å². The Morgan fingerprint density at radius 2 is 1.56 bits per heavy atom. The van der Waals surface area contributed by atoms with Crippen LogP contribution in [0.2, 0.25) is 15.1 Å². The molecule has 0 aromatic heterocycles. The fraction of sp³-hybridized carbons (Fsp3) is 0.345. The molecule has 1 amide bonds. The minimum atomic E-state index is 0.296. The average Bonchev–Trinajstić information content (AvgIpc) is 2.84. The number of benzene rings is 3. The van der Waals surface area contributed by atoms with Gasteiger partial charge in [0.1, 0.15) is 5.75 Å². The summed E-state index contributed by atoms with van der Waals surface area (Å²) in [6, 6.07) is 17.7. The Balaban J connectivity index is 0.000000252. The standard InChI is InChI=1S/C17H16Cl3N.C9H12O.C3H7NO/c18-12-4-7-14(8-5-12)21-10-2-1-3-17(21)15-9-6-13(19)11-16(15)20;1-6-4-9(10)5-7(2)8(6)3;1-2-4-3-5/h4-9,11,17H,1-3,10H2;4-5,10H,1-3H3;3H,2H2,1H3,(H,4,5). The largest absolute Gasteiger partial charge is 0.508 e. The monoisotopic (exact) mass is 548 g/mol. The van der Waals surface area contributed by atoms with Crippen molar-refractivity contribution in [2.45, 2.75) is 53.0 Å². The molecule has 7 heteroatoms. The van der Waals surface area contributed by atoms with E-state index < -0.39 is 0 Å². The van der Waals surface area contributed by atoms with Gasteiger partial charge in [0.25, 0.3) is 0 Å². The molecule has 2 N–H and O–H groups in total. The number of hydrogen-bond donors (Lipinski definition) is 2. The van der Waals surface area contributed by atoms with Gasteiger partial charge in [0.05, 0.1) is 6.04 Å². The number of nitrogens with one attached hydrogen (secondary N) is 1. The maximum atomic E-state index is 9.29. The molecule has 4 rings (SSSR count). The lowest BCUT2D eigenvalue weighted by Crippen LogP contribution is -2.33. The van der Waals surface area contributed by atoms with E-state index in [2.05, 4.69) is 29.3 Å². The number of amides is 1. The summed E-state index contributed by atoms with van der Waals surface area (Å²) in [5, 5.41) is 13.7. The van der Waals surface area contributed by atoms with E-state index in [1.807, 2.05) is 51.1 Å². The third kappa shape index (κ3) is 8.92. The van der Waals surface area contributed by atoms with Crippen molar-refractivity contribution in [3.05, 3.63) is 91.9 Å². The van der Waals surface area contributed by atoms with Crippen LogP contribution in [0.15, 0.2) is 54.6 Å². The van der Waals surface area contributed by atoms with Crippen LogP contribution in [-0.2, 0) is 4.79 Å². The molecule has 1 unspecified atom stereocenters. The van der Waals surface area contributed by atoms with Crippen LogP contribution in [0.5, 0.6) is 5.75 Å². The summed E-state index contributed by atoms with van der Waals surface area (Å²) >= 11 is 18.4. The molecule has 194 valence electrons. The van der Waals surface area contributed by atoms with Gasteiger partial charge in [-0.1, -0.05) is 40.9 Å². The number of phenolic OH excluding ortho intramolecular Hbond substituents is 1. The highest BCUT2D eigenvalue weighted by Gasteiger charge is 2.26. The van der Waals surface area contributed by atoms with Crippen molar-refractivity contribution in [3.63, 3.8) is 0 Å². The van der Waals surface area contributed by atoms with Gasteiger partial charge in [-0.25, -0.2) is 0 Å². The van der Waals surface area contributed by atoms with Gasteiger partial charge in [-0.3, -0.25) is 4.79 Å². The van der Waals surface area contributed by atoms with Gasteiger partial charge in [-0.2, -0.15) is 0 Å². The molecule has 1 fully saturated rings. The van der Waals surface area contributed by atoms with Crippen molar-refractivity contribution in [2.75, 3.05) is 18.0 Å². The number of carbonyl (C=O) groups excluding carboxylic acids is 1. The molecule has 3 aromatic carbocycles. The minimum absolute atomic E-state index is 0.296. The van der Waals surface area contributed by atoms with Gasteiger partial charge in [-0.15, -0.1) is 0 Å². The summed E-state index contributed by atoms with van der Waals surface area (Å²) in [5.74, 6) is 0.362. The van der Waals surface area contributed by atoms with E-state index in [-0.39, 0.29) is 0 Å². The van der Waals surface area contributed by atoms with E-state index in [9.17, 15) is 4.79 Å². The number of hydrogen-bond acceptors (Lipinski definition) is 3. The molecular formula is C29H35Cl3N2O2. The number of carbonyl (C=O) groups is 1. The number of phenols is 1. The Labute approximate surface area is 230 Å². The Bertz CT molecular complexity index is 1100. The van der Waals surface area contributed by atoms with E-state index in [0.29, 0.717) is 23.2 Å². The average molecular weight is 550 g/mol. The predicted molar refractivity (Wildman–Crippen MR) is 154 cm³/mol. The first-order valence-electron chi connectivity index (χ1n) is 12.1. The summed E-state index contributed by atoms with van der Waals surface area (Å²) in [6.45, 7) is 9.69. The quantitative estimate of drug-likeness (QED) is 0.321. The molecule has 3 aromatic rings. The van der Waals surface area contributed by atoms with E-state index in [0.717, 1.165) is 46.2 Å². The molecule has 1 aliphatic heterocycles. The molecule has 1 atom stereocenters. The minimum Gasteiger partial charge on any atom is -0.508 e. The molecule has 36 heavy (non-hydrogen) atoms. The Morgan fingerprint density at radius 3 is 2.08 bits per heavy atom. The van der Waals surface area contributed by atoms with Crippen LogP contribution in [0.1, 0.15) is 54.5 Å². The summed E-state index contributed by atoms with van der Waals surface area (Å²) in [4.78, 5) is 11.7. The topological polar surface area (TPSA) is 52.6 Å². The van der Waals surface area contributed by atoms with Crippen molar-refractivity contribution >= 4 is 46.9 Å². The second-order valence-corrected chi connectivity index (χ2v) is 10.0. The molecule has 1 saturated heterocycles.